The van der Waals surface area contributed by atoms with Gasteiger partial charge in [0.2, 0.25) is 0 Å². The van der Waals surface area contributed by atoms with Crippen molar-refractivity contribution in [3.8, 4) is 0 Å². The molecule has 1 aromatic carbocycles. The summed E-state index contributed by atoms with van der Waals surface area (Å²) in [4.78, 5) is 0. The smallest absolute Gasteiger partial charge is 0.257 e. The van der Waals surface area contributed by atoms with E-state index in [-0.39, 0.29) is 23.0 Å². The molecule has 0 spiro atoms. The third-order valence-corrected chi connectivity index (χ3v) is 1.82. The van der Waals surface area contributed by atoms with E-state index in [1.165, 1.54) is 6.07 Å². The zero-order valence-electron chi connectivity index (χ0n) is 6.88. The van der Waals surface area contributed by atoms with Crippen molar-refractivity contribution in [3.63, 3.8) is 0 Å². The standard InChI is InChI=1S/C8H7ClF3N.ClH/c9-4-1-2-6(10)5(3-4)7(13)8(11)12;/h1-3,7-8H,13H2;1H/t7-;/m0./s1. The second-order valence-corrected chi connectivity index (χ2v) is 2.96. The summed E-state index contributed by atoms with van der Waals surface area (Å²) >= 11 is 5.50. The Morgan fingerprint density at radius 2 is 1.86 bits per heavy atom. The van der Waals surface area contributed by atoms with E-state index in [2.05, 4.69) is 0 Å². The monoisotopic (exact) mass is 245 g/mol. The van der Waals surface area contributed by atoms with Crippen LogP contribution in [0.1, 0.15) is 11.6 Å². The summed E-state index contributed by atoms with van der Waals surface area (Å²) in [5, 5.41) is 0.188. The lowest BCUT2D eigenvalue weighted by molar-refractivity contribution is 0.115. The average molecular weight is 246 g/mol. The third-order valence-electron chi connectivity index (χ3n) is 1.59. The highest BCUT2D eigenvalue weighted by Crippen LogP contribution is 2.23. The molecule has 0 fully saturated rings. The Morgan fingerprint density at radius 1 is 1.29 bits per heavy atom. The number of rotatable bonds is 2. The van der Waals surface area contributed by atoms with Gasteiger partial charge >= 0.3 is 0 Å². The summed E-state index contributed by atoms with van der Waals surface area (Å²) in [6.07, 6.45) is -2.80. The van der Waals surface area contributed by atoms with Gasteiger partial charge in [-0.05, 0) is 18.2 Å². The van der Waals surface area contributed by atoms with Crippen LogP contribution >= 0.6 is 24.0 Å². The SMILES string of the molecule is Cl.N[C@@H](c1cc(Cl)ccc1F)C(F)F. The van der Waals surface area contributed by atoms with Crippen LogP contribution in [0.5, 0.6) is 0 Å². The van der Waals surface area contributed by atoms with E-state index in [1.54, 1.807) is 0 Å². The van der Waals surface area contributed by atoms with Crippen LogP contribution in [-0.2, 0) is 0 Å². The fourth-order valence-corrected chi connectivity index (χ4v) is 1.09. The summed E-state index contributed by atoms with van der Waals surface area (Å²) in [6.45, 7) is 0. The summed E-state index contributed by atoms with van der Waals surface area (Å²) in [5.41, 5.74) is 4.80. The molecular weight excluding hydrogens is 238 g/mol. The first-order valence-electron chi connectivity index (χ1n) is 3.51. The highest BCUT2D eigenvalue weighted by Gasteiger charge is 2.20. The quantitative estimate of drug-likeness (QED) is 0.852. The van der Waals surface area contributed by atoms with E-state index in [1.807, 2.05) is 0 Å². The van der Waals surface area contributed by atoms with Crippen LogP contribution in [0.3, 0.4) is 0 Å². The Hall–Kier alpha value is -0.450. The fraction of sp³-hybridized carbons (Fsp3) is 0.250. The van der Waals surface area contributed by atoms with Gasteiger partial charge in [0.1, 0.15) is 5.82 Å². The van der Waals surface area contributed by atoms with Gasteiger partial charge in [0.15, 0.2) is 0 Å². The van der Waals surface area contributed by atoms with Crippen LogP contribution in [0.15, 0.2) is 18.2 Å². The molecule has 0 aliphatic carbocycles. The van der Waals surface area contributed by atoms with Gasteiger partial charge in [0.25, 0.3) is 6.43 Å². The number of alkyl halides is 2. The normalized spacial score (nSPS) is 12.4. The topological polar surface area (TPSA) is 26.0 Å². The maximum Gasteiger partial charge on any atom is 0.257 e. The van der Waals surface area contributed by atoms with Crippen molar-refractivity contribution < 1.29 is 13.2 Å². The average Bonchev–Trinajstić information content (AvgIpc) is 2.08. The highest BCUT2D eigenvalue weighted by molar-refractivity contribution is 6.30. The number of hydrogen-bond acceptors (Lipinski definition) is 1. The number of benzene rings is 1. The lowest BCUT2D eigenvalue weighted by Crippen LogP contribution is -2.20. The molecule has 14 heavy (non-hydrogen) atoms. The molecule has 0 amide bonds. The van der Waals surface area contributed by atoms with Crippen LogP contribution in [-0.4, -0.2) is 6.43 Å². The molecule has 0 saturated heterocycles. The summed E-state index contributed by atoms with van der Waals surface area (Å²) < 4.78 is 37.1. The van der Waals surface area contributed by atoms with Gasteiger partial charge in [-0.3, -0.25) is 0 Å². The minimum atomic E-state index is -2.80. The Labute approximate surface area is 90.5 Å². The first-order valence-corrected chi connectivity index (χ1v) is 3.89. The predicted octanol–water partition coefficient (Wildman–Crippen LogP) is 3.17. The van der Waals surface area contributed by atoms with Gasteiger partial charge in [-0.15, -0.1) is 12.4 Å². The molecule has 1 aromatic rings. The third kappa shape index (κ3) is 3.04. The predicted molar refractivity (Wildman–Crippen MR) is 51.6 cm³/mol. The largest absolute Gasteiger partial charge is 0.319 e. The number of nitrogens with two attached hydrogens (primary N) is 1. The van der Waals surface area contributed by atoms with Crippen molar-refractivity contribution in [2.75, 3.05) is 0 Å². The zero-order valence-corrected chi connectivity index (χ0v) is 8.46. The van der Waals surface area contributed by atoms with Crippen molar-refractivity contribution in [2.24, 2.45) is 5.73 Å². The molecule has 0 aromatic heterocycles. The number of halogens is 5. The number of hydrogen-bond donors (Lipinski definition) is 1. The molecule has 0 aliphatic heterocycles. The van der Waals surface area contributed by atoms with Gasteiger partial charge in [-0.25, -0.2) is 13.2 Å². The van der Waals surface area contributed by atoms with Crippen molar-refractivity contribution in [1.29, 1.82) is 0 Å². The van der Waals surface area contributed by atoms with Crippen LogP contribution < -0.4 is 5.73 Å². The minimum absolute atomic E-state index is 0. The Kier molecular flexibility index (Phi) is 5.26. The van der Waals surface area contributed by atoms with Gasteiger partial charge in [-0.2, -0.15) is 0 Å². The highest BCUT2D eigenvalue weighted by atomic mass is 35.5. The molecule has 6 heteroatoms. The van der Waals surface area contributed by atoms with Gasteiger partial charge in [0, 0.05) is 10.6 Å². The van der Waals surface area contributed by atoms with E-state index < -0.39 is 18.3 Å². The maximum absolute atomic E-state index is 12.9. The molecule has 1 atom stereocenters. The van der Waals surface area contributed by atoms with Gasteiger partial charge in [0.05, 0.1) is 6.04 Å². The first-order chi connectivity index (χ1) is 6.02. The molecule has 0 saturated carbocycles. The molecule has 0 aliphatic rings. The second kappa shape index (κ2) is 5.44. The van der Waals surface area contributed by atoms with E-state index in [0.717, 1.165) is 12.1 Å². The van der Waals surface area contributed by atoms with Crippen LogP contribution in [0.2, 0.25) is 5.02 Å². The molecule has 1 rings (SSSR count). The van der Waals surface area contributed by atoms with Crippen LogP contribution in [0.25, 0.3) is 0 Å². The molecular formula is C8H8Cl2F3N. The van der Waals surface area contributed by atoms with E-state index in [9.17, 15) is 13.2 Å². The Bertz CT molecular complexity index is 307. The van der Waals surface area contributed by atoms with Crippen LogP contribution in [0.4, 0.5) is 13.2 Å². The molecule has 2 N–H and O–H groups in total. The van der Waals surface area contributed by atoms with E-state index >= 15 is 0 Å². The molecule has 0 unspecified atom stereocenters. The first kappa shape index (κ1) is 13.5. The van der Waals surface area contributed by atoms with Gasteiger partial charge in [-0.1, -0.05) is 11.6 Å². The second-order valence-electron chi connectivity index (χ2n) is 2.53. The lowest BCUT2D eigenvalue weighted by Gasteiger charge is -2.11. The van der Waals surface area contributed by atoms with E-state index in [4.69, 9.17) is 17.3 Å². The lowest BCUT2D eigenvalue weighted by atomic mass is 10.1. The maximum atomic E-state index is 12.9. The van der Waals surface area contributed by atoms with Crippen LogP contribution in [0, 0.1) is 5.82 Å². The molecule has 0 heterocycles. The van der Waals surface area contributed by atoms with Crippen molar-refractivity contribution in [1.82, 2.24) is 0 Å². The van der Waals surface area contributed by atoms with Gasteiger partial charge < -0.3 is 5.73 Å². The molecule has 1 nitrogen and oxygen atoms in total. The van der Waals surface area contributed by atoms with E-state index in [0.29, 0.717) is 0 Å². The minimum Gasteiger partial charge on any atom is -0.319 e. The zero-order chi connectivity index (χ0) is 10.0. The van der Waals surface area contributed by atoms with Crippen molar-refractivity contribution in [3.05, 3.63) is 34.6 Å². The van der Waals surface area contributed by atoms with Crippen molar-refractivity contribution in [2.45, 2.75) is 12.5 Å². The Balaban J connectivity index is 0.00000169. The summed E-state index contributed by atoms with van der Waals surface area (Å²) in [7, 11) is 0. The summed E-state index contributed by atoms with van der Waals surface area (Å²) in [5.74, 6) is -0.766. The molecule has 80 valence electrons. The van der Waals surface area contributed by atoms with Crippen molar-refractivity contribution >= 4 is 24.0 Å². The molecule has 0 bridgehead atoms. The summed E-state index contributed by atoms with van der Waals surface area (Å²) in [6, 6.07) is 1.77. The fourth-order valence-electron chi connectivity index (χ4n) is 0.906. The molecule has 0 radical (unpaired) electrons. The Morgan fingerprint density at radius 3 is 2.36 bits per heavy atom.